The van der Waals surface area contributed by atoms with E-state index < -0.39 is 46.5 Å². The van der Waals surface area contributed by atoms with Gasteiger partial charge in [-0.15, -0.1) is 0 Å². The van der Waals surface area contributed by atoms with E-state index in [-0.39, 0.29) is 17.0 Å². The molecule has 9 heteroatoms. The average molecular weight is 492 g/mol. The van der Waals surface area contributed by atoms with Crippen molar-refractivity contribution in [2.24, 2.45) is 5.92 Å². The van der Waals surface area contributed by atoms with Crippen molar-refractivity contribution in [2.45, 2.75) is 45.3 Å². The molecule has 1 heterocycles. The number of hydrogen-bond donors (Lipinski definition) is 2. The molecule has 1 unspecified atom stereocenters. The van der Waals surface area contributed by atoms with Crippen LogP contribution in [0, 0.1) is 11.7 Å². The Morgan fingerprint density at radius 2 is 1.71 bits per heavy atom. The van der Waals surface area contributed by atoms with Crippen molar-refractivity contribution in [1.29, 1.82) is 0 Å². The normalized spacial score (nSPS) is 15.6. The highest BCUT2D eigenvalue weighted by molar-refractivity contribution is 6.30. The first-order valence-corrected chi connectivity index (χ1v) is 11.3. The Bertz CT molecular complexity index is 1090. The SMILES string of the molecule is CC(C)(C)OC(=O)N1CCC(C(O)c2cc(F)c(C(=O)c3ccc(Cl)cc3)c(C(=O)O)c2)CC1. The number of piperidine rings is 1. The third-order valence-corrected chi connectivity index (χ3v) is 5.91. The van der Waals surface area contributed by atoms with Gasteiger partial charge < -0.3 is 19.8 Å². The number of rotatable bonds is 5. The highest BCUT2D eigenvalue weighted by atomic mass is 35.5. The Kier molecular flexibility index (Phi) is 7.63. The van der Waals surface area contributed by atoms with Crippen molar-refractivity contribution in [3.05, 3.63) is 69.5 Å². The van der Waals surface area contributed by atoms with Crippen LogP contribution in [0.1, 0.15) is 71.6 Å². The van der Waals surface area contributed by atoms with Crippen LogP contribution >= 0.6 is 11.6 Å². The first-order valence-electron chi connectivity index (χ1n) is 10.9. The van der Waals surface area contributed by atoms with E-state index in [1.165, 1.54) is 24.3 Å². The fraction of sp³-hybridized carbons (Fsp3) is 0.400. The lowest BCUT2D eigenvalue weighted by Gasteiger charge is -2.35. The molecule has 0 aliphatic carbocycles. The molecule has 1 saturated heterocycles. The van der Waals surface area contributed by atoms with E-state index in [2.05, 4.69) is 0 Å². The summed E-state index contributed by atoms with van der Waals surface area (Å²) in [6, 6.07) is 7.82. The van der Waals surface area contributed by atoms with Crippen LogP contribution in [-0.4, -0.2) is 51.6 Å². The monoisotopic (exact) mass is 491 g/mol. The van der Waals surface area contributed by atoms with Crippen molar-refractivity contribution in [3.8, 4) is 0 Å². The van der Waals surface area contributed by atoms with Gasteiger partial charge in [-0.1, -0.05) is 11.6 Å². The number of aromatic carboxylic acids is 1. The van der Waals surface area contributed by atoms with Gasteiger partial charge in [0.25, 0.3) is 0 Å². The summed E-state index contributed by atoms with van der Waals surface area (Å²) in [6.07, 6.45) is -0.746. The molecule has 2 aromatic carbocycles. The van der Waals surface area contributed by atoms with Gasteiger partial charge in [0.2, 0.25) is 0 Å². The zero-order valence-corrected chi connectivity index (χ0v) is 19.9. The van der Waals surface area contributed by atoms with Crippen molar-refractivity contribution in [1.82, 2.24) is 4.90 Å². The minimum atomic E-state index is -1.48. The first kappa shape index (κ1) is 25.6. The second kappa shape index (κ2) is 10.1. The lowest BCUT2D eigenvalue weighted by Crippen LogP contribution is -2.42. The number of ether oxygens (including phenoxy) is 1. The highest BCUT2D eigenvalue weighted by Crippen LogP contribution is 2.33. The molecule has 3 rings (SSSR count). The van der Waals surface area contributed by atoms with Gasteiger partial charge in [0.15, 0.2) is 5.78 Å². The number of ketones is 1. The number of benzene rings is 2. The molecular formula is C25H27ClFNO6. The number of carbonyl (C=O) groups excluding carboxylic acids is 2. The highest BCUT2D eigenvalue weighted by Gasteiger charge is 2.32. The summed E-state index contributed by atoms with van der Waals surface area (Å²) in [6.45, 7) is 6.02. The minimum Gasteiger partial charge on any atom is -0.478 e. The first-order chi connectivity index (χ1) is 15.9. The quantitative estimate of drug-likeness (QED) is 0.564. The molecule has 1 aliphatic heterocycles. The lowest BCUT2D eigenvalue weighted by atomic mass is 9.85. The Morgan fingerprint density at radius 1 is 1.12 bits per heavy atom. The fourth-order valence-electron chi connectivity index (χ4n) is 3.94. The van der Waals surface area contributed by atoms with E-state index in [1.807, 2.05) is 0 Å². The van der Waals surface area contributed by atoms with Crippen LogP contribution in [0.4, 0.5) is 9.18 Å². The fourth-order valence-corrected chi connectivity index (χ4v) is 4.07. The molecule has 0 bridgehead atoms. The van der Waals surface area contributed by atoms with Gasteiger partial charge in [0.05, 0.1) is 17.2 Å². The van der Waals surface area contributed by atoms with Gasteiger partial charge in [-0.2, -0.15) is 0 Å². The van der Waals surface area contributed by atoms with Gasteiger partial charge in [-0.25, -0.2) is 14.0 Å². The van der Waals surface area contributed by atoms with Crippen LogP contribution < -0.4 is 0 Å². The summed E-state index contributed by atoms with van der Waals surface area (Å²) in [5.74, 6) is -3.62. The molecule has 0 spiro atoms. The molecule has 1 fully saturated rings. The van der Waals surface area contributed by atoms with E-state index >= 15 is 4.39 Å². The van der Waals surface area contributed by atoms with Crippen LogP contribution in [0.25, 0.3) is 0 Å². The van der Waals surface area contributed by atoms with Crippen molar-refractivity contribution < 1.29 is 33.7 Å². The Balaban J connectivity index is 1.80. The number of carboxylic acids is 1. The van der Waals surface area contributed by atoms with E-state index in [4.69, 9.17) is 16.3 Å². The molecule has 1 atom stereocenters. The maximum atomic E-state index is 15.0. The summed E-state index contributed by atoms with van der Waals surface area (Å²) in [7, 11) is 0. The second-order valence-corrected chi connectivity index (χ2v) is 9.75. The zero-order valence-electron chi connectivity index (χ0n) is 19.2. The van der Waals surface area contributed by atoms with E-state index in [0.717, 1.165) is 12.1 Å². The summed E-state index contributed by atoms with van der Waals surface area (Å²) >= 11 is 5.82. The van der Waals surface area contributed by atoms with Gasteiger partial charge in [-0.05, 0) is 81.5 Å². The number of amides is 1. The number of hydrogen-bond acceptors (Lipinski definition) is 5. The molecule has 34 heavy (non-hydrogen) atoms. The van der Waals surface area contributed by atoms with Crippen LogP contribution in [0.5, 0.6) is 0 Å². The summed E-state index contributed by atoms with van der Waals surface area (Å²) in [5.41, 5.74) is -1.57. The number of carboxylic acid groups (broad SMARTS) is 1. The average Bonchev–Trinajstić information content (AvgIpc) is 2.77. The predicted octanol–water partition coefficient (Wildman–Crippen LogP) is 5.09. The summed E-state index contributed by atoms with van der Waals surface area (Å²) in [4.78, 5) is 38.5. The predicted molar refractivity (Wildman–Crippen MR) is 124 cm³/mol. The number of aliphatic hydroxyl groups excluding tert-OH is 1. The van der Waals surface area contributed by atoms with Crippen LogP contribution in [0.15, 0.2) is 36.4 Å². The van der Waals surface area contributed by atoms with Gasteiger partial charge in [0.1, 0.15) is 11.4 Å². The Morgan fingerprint density at radius 3 is 2.24 bits per heavy atom. The van der Waals surface area contributed by atoms with Crippen LogP contribution in [0.2, 0.25) is 5.02 Å². The lowest BCUT2D eigenvalue weighted by molar-refractivity contribution is 0.00759. The van der Waals surface area contributed by atoms with Crippen molar-refractivity contribution >= 4 is 29.4 Å². The number of nitrogens with zero attached hydrogens (tertiary/aromatic N) is 1. The van der Waals surface area contributed by atoms with E-state index in [0.29, 0.717) is 31.0 Å². The number of carbonyl (C=O) groups is 3. The Labute approximate surface area is 202 Å². The third kappa shape index (κ3) is 5.93. The van der Waals surface area contributed by atoms with Crippen LogP contribution in [-0.2, 0) is 4.74 Å². The zero-order chi connectivity index (χ0) is 25.2. The topological polar surface area (TPSA) is 104 Å². The number of aliphatic hydroxyl groups is 1. The molecule has 1 aliphatic rings. The van der Waals surface area contributed by atoms with Gasteiger partial charge >= 0.3 is 12.1 Å². The number of likely N-dealkylation sites (tertiary alicyclic amines) is 1. The Hall–Kier alpha value is -2.97. The summed E-state index contributed by atoms with van der Waals surface area (Å²) in [5, 5.41) is 20.9. The molecule has 182 valence electrons. The van der Waals surface area contributed by atoms with Gasteiger partial charge in [0, 0.05) is 23.7 Å². The van der Waals surface area contributed by atoms with E-state index in [9.17, 15) is 24.6 Å². The van der Waals surface area contributed by atoms with Crippen LogP contribution in [0.3, 0.4) is 0 Å². The molecular weight excluding hydrogens is 465 g/mol. The van der Waals surface area contributed by atoms with Gasteiger partial charge in [-0.3, -0.25) is 4.79 Å². The largest absolute Gasteiger partial charge is 0.478 e. The molecule has 7 nitrogen and oxygen atoms in total. The standard InChI is InChI=1S/C25H27ClFNO6/c1-25(2,3)34-24(33)28-10-8-15(9-11-28)21(29)16-12-18(23(31)32)20(19(27)13-16)22(30)14-4-6-17(26)7-5-14/h4-7,12-13,15,21,29H,8-11H2,1-3H3,(H,31,32). The minimum absolute atomic E-state index is 0.0678. The molecule has 0 saturated carbocycles. The second-order valence-electron chi connectivity index (χ2n) is 9.32. The van der Waals surface area contributed by atoms with E-state index in [1.54, 1.807) is 25.7 Å². The molecule has 2 N–H and O–H groups in total. The maximum absolute atomic E-state index is 15.0. The smallest absolute Gasteiger partial charge is 0.410 e. The third-order valence-electron chi connectivity index (χ3n) is 5.66. The molecule has 1 amide bonds. The number of halogens is 2. The molecule has 2 aromatic rings. The van der Waals surface area contributed by atoms with Crippen molar-refractivity contribution in [3.63, 3.8) is 0 Å². The molecule has 0 aromatic heterocycles. The van der Waals surface area contributed by atoms with Crippen molar-refractivity contribution in [2.75, 3.05) is 13.1 Å². The maximum Gasteiger partial charge on any atom is 0.410 e. The summed E-state index contributed by atoms with van der Waals surface area (Å²) < 4.78 is 20.4. The molecule has 0 radical (unpaired) electrons.